The van der Waals surface area contributed by atoms with Crippen molar-refractivity contribution in [1.29, 1.82) is 0 Å². The van der Waals surface area contributed by atoms with Crippen LogP contribution in [0.25, 0.3) is 0 Å². The van der Waals surface area contributed by atoms with Crippen LogP contribution in [0.1, 0.15) is 46.0 Å². The molecule has 2 bridgehead atoms. The smallest absolute Gasteiger partial charge is 0.0647 e. The van der Waals surface area contributed by atoms with Gasteiger partial charge in [0.2, 0.25) is 0 Å². The predicted molar refractivity (Wildman–Crippen MR) is 49.9 cm³/mol. The Labute approximate surface area is 75.2 Å². The minimum Gasteiger partial charge on any atom is -0.390 e. The molecule has 2 saturated carbocycles. The normalized spacial score (nSPS) is 44.8. The van der Waals surface area contributed by atoms with Gasteiger partial charge in [-0.3, -0.25) is 0 Å². The highest BCUT2D eigenvalue weighted by Gasteiger charge is 2.46. The third-order valence-electron chi connectivity index (χ3n) is 4.25. The quantitative estimate of drug-likeness (QED) is 0.672. The van der Waals surface area contributed by atoms with E-state index in [-0.39, 0.29) is 5.60 Å². The lowest BCUT2D eigenvalue weighted by Gasteiger charge is -2.35. The van der Waals surface area contributed by atoms with E-state index >= 15 is 0 Å². The summed E-state index contributed by atoms with van der Waals surface area (Å²) in [5.41, 5.74) is -0.375. The van der Waals surface area contributed by atoms with Gasteiger partial charge in [-0.2, -0.15) is 0 Å². The summed E-state index contributed by atoms with van der Waals surface area (Å²) >= 11 is 0. The monoisotopic (exact) mass is 168 g/mol. The summed E-state index contributed by atoms with van der Waals surface area (Å²) in [7, 11) is 0. The van der Waals surface area contributed by atoms with Crippen LogP contribution in [-0.4, -0.2) is 10.7 Å². The van der Waals surface area contributed by atoms with E-state index < -0.39 is 0 Å². The number of fused-ring (bicyclic) bond motifs is 2. The van der Waals surface area contributed by atoms with Crippen molar-refractivity contribution in [1.82, 2.24) is 0 Å². The molecule has 12 heavy (non-hydrogen) atoms. The Kier molecular flexibility index (Phi) is 1.95. The Morgan fingerprint density at radius 3 is 2.50 bits per heavy atom. The SMILES string of the molecule is CCC(C)(O)C1CC2CCC1C2. The van der Waals surface area contributed by atoms with Gasteiger partial charge in [0, 0.05) is 0 Å². The molecule has 1 N–H and O–H groups in total. The van der Waals surface area contributed by atoms with Crippen LogP contribution >= 0.6 is 0 Å². The molecule has 4 unspecified atom stereocenters. The molecule has 0 saturated heterocycles. The maximum Gasteiger partial charge on any atom is 0.0647 e. The van der Waals surface area contributed by atoms with Gasteiger partial charge in [-0.05, 0) is 50.4 Å². The maximum atomic E-state index is 10.1. The minimum atomic E-state index is -0.375. The van der Waals surface area contributed by atoms with E-state index in [2.05, 4.69) is 6.92 Å². The van der Waals surface area contributed by atoms with Crippen molar-refractivity contribution in [3.05, 3.63) is 0 Å². The Hall–Kier alpha value is -0.0400. The topological polar surface area (TPSA) is 20.2 Å². The van der Waals surface area contributed by atoms with E-state index in [4.69, 9.17) is 0 Å². The lowest BCUT2D eigenvalue weighted by molar-refractivity contribution is -0.0274. The first-order valence-corrected chi connectivity index (χ1v) is 5.36. The van der Waals surface area contributed by atoms with E-state index in [0.717, 1.165) is 18.3 Å². The lowest BCUT2D eigenvalue weighted by Crippen LogP contribution is -2.37. The second kappa shape index (κ2) is 2.73. The fourth-order valence-corrected chi connectivity index (χ4v) is 3.27. The van der Waals surface area contributed by atoms with E-state index in [9.17, 15) is 5.11 Å². The van der Waals surface area contributed by atoms with Crippen LogP contribution in [0, 0.1) is 17.8 Å². The van der Waals surface area contributed by atoms with Gasteiger partial charge in [0.15, 0.2) is 0 Å². The van der Waals surface area contributed by atoms with E-state index in [1.165, 1.54) is 25.7 Å². The zero-order chi connectivity index (χ0) is 8.77. The fraction of sp³-hybridized carbons (Fsp3) is 1.00. The highest BCUT2D eigenvalue weighted by atomic mass is 16.3. The highest BCUT2D eigenvalue weighted by molar-refractivity contribution is 4.97. The zero-order valence-corrected chi connectivity index (χ0v) is 8.21. The maximum absolute atomic E-state index is 10.1. The number of rotatable bonds is 2. The Morgan fingerprint density at radius 1 is 1.33 bits per heavy atom. The molecule has 0 radical (unpaired) electrons. The summed E-state index contributed by atoms with van der Waals surface area (Å²) in [6, 6.07) is 0. The van der Waals surface area contributed by atoms with Crippen molar-refractivity contribution in [3.63, 3.8) is 0 Å². The molecule has 2 aliphatic carbocycles. The van der Waals surface area contributed by atoms with Gasteiger partial charge >= 0.3 is 0 Å². The van der Waals surface area contributed by atoms with Crippen LogP contribution in [0.5, 0.6) is 0 Å². The first kappa shape index (κ1) is 8.55. The minimum absolute atomic E-state index is 0.375. The van der Waals surface area contributed by atoms with Crippen molar-refractivity contribution in [2.24, 2.45) is 17.8 Å². The van der Waals surface area contributed by atoms with Crippen LogP contribution in [0.4, 0.5) is 0 Å². The van der Waals surface area contributed by atoms with Gasteiger partial charge < -0.3 is 5.11 Å². The molecule has 0 heterocycles. The first-order valence-electron chi connectivity index (χ1n) is 5.36. The van der Waals surface area contributed by atoms with Crippen LogP contribution in [0.2, 0.25) is 0 Å². The molecule has 0 aromatic rings. The standard InChI is InChI=1S/C11H20O/c1-3-11(2,12)10-7-8-4-5-9(10)6-8/h8-10,12H,3-7H2,1-2H3. The lowest BCUT2D eigenvalue weighted by atomic mass is 9.76. The van der Waals surface area contributed by atoms with Gasteiger partial charge in [0.05, 0.1) is 5.60 Å². The van der Waals surface area contributed by atoms with Gasteiger partial charge in [0.25, 0.3) is 0 Å². The molecule has 1 nitrogen and oxygen atoms in total. The van der Waals surface area contributed by atoms with Crippen molar-refractivity contribution in [3.8, 4) is 0 Å². The van der Waals surface area contributed by atoms with Crippen LogP contribution < -0.4 is 0 Å². The Balaban J connectivity index is 2.06. The third kappa shape index (κ3) is 1.19. The molecule has 70 valence electrons. The predicted octanol–water partition coefficient (Wildman–Crippen LogP) is 2.58. The van der Waals surface area contributed by atoms with Gasteiger partial charge in [-0.15, -0.1) is 0 Å². The molecule has 2 aliphatic rings. The summed E-state index contributed by atoms with van der Waals surface area (Å²) < 4.78 is 0. The fourth-order valence-electron chi connectivity index (χ4n) is 3.27. The van der Waals surface area contributed by atoms with Gasteiger partial charge in [0.1, 0.15) is 0 Å². The summed E-state index contributed by atoms with van der Waals surface area (Å²) in [5.74, 6) is 2.42. The molecule has 0 aromatic heterocycles. The average molecular weight is 168 g/mol. The molecule has 0 aromatic carbocycles. The van der Waals surface area contributed by atoms with Crippen molar-refractivity contribution < 1.29 is 5.11 Å². The summed E-state index contributed by atoms with van der Waals surface area (Å²) in [6.07, 6.45) is 6.43. The summed E-state index contributed by atoms with van der Waals surface area (Å²) in [4.78, 5) is 0. The second-order valence-electron chi connectivity index (χ2n) is 4.99. The second-order valence-corrected chi connectivity index (χ2v) is 4.99. The third-order valence-corrected chi connectivity index (χ3v) is 4.25. The zero-order valence-electron chi connectivity index (χ0n) is 8.21. The van der Waals surface area contributed by atoms with Crippen LogP contribution in [-0.2, 0) is 0 Å². The van der Waals surface area contributed by atoms with Crippen LogP contribution in [0.3, 0.4) is 0 Å². The Morgan fingerprint density at radius 2 is 2.08 bits per heavy atom. The first-order chi connectivity index (χ1) is 5.63. The van der Waals surface area contributed by atoms with Gasteiger partial charge in [-0.25, -0.2) is 0 Å². The van der Waals surface area contributed by atoms with Crippen molar-refractivity contribution in [2.45, 2.75) is 51.6 Å². The number of hydrogen-bond donors (Lipinski definition) is 1. The molecule has 0 aliphatic heterocycles. The molecule has 0 spiro atoms. The summed E-state index contributed by atoms with van der Waals surface area (Å²) in [6.45, 7) is 4.13. The molecular formula is C11H20O. The van der Waals surface area contributed by atoms with E-state index in [1.54, 1.807) is 0 Å². The molecular weight excluding hydrogens is 148 g/mol. The molecule has 4 atom stereocenters. The number of hydrogen-bond acceptors (Lipinski definition) is 1. The summed E-state index contributed by atoms with van der Waals surface area (Å²) in [5, 5.41) is 10.1. The number of aliphatic hydroxyl groups is 1. The molecule has 2 rings (SSSR count). The molecule has 0 amide bonds. The average Bonchev–Trinajstić information content (AvgIpc) is 2.64. The van der Waals surface area contributed by atoms with Gasteiger partial charge in [-0.1, -0.05) is 13.3 Å². The largest absolute Gasteiger partial charge is 0.390 e. The molecule has 1 heteroatoms. The molecule has 2 fully saturated rings. The van der Waals surface area contributed by atoms with E-state index in [1.807, 2.05) is 6.92 Å². The Bertz CT molecular complexity index is 174. The van der Waals surface area contributed by atoms with E-state index in [0.29, 0.717) is 5.92 Å². The highest BCUT2D eigenvalue weighted by Crippen LogP contribution is 2.52. The van der Waals surface area contributed by atoms with Crippen molar-refractivity contribution in [2.75, 3.05) is 0 Å². The van der Waals surface area contributed by atoms with Crippen molar-refractivity contribution >= 4 is 0 Å². The van der Waals surface area contributed by atoms with Crippen LogP contribution in [0.15, 0.2) is 0 Å².